The summed E-state index contributed by atoms with van der Waals surface area (Å²) in [5, 5.41) is 18.7. The molecule has 0 aliphatic heterocycles. The van der Waals surface area contributed by atoms with Gasteiger partial charge in [-0.1, -0.05) is 0 Å². The molecule has 0 aromatic heterocycles. The third-order valence-electron chi connectivity index (χ3n) is 3.90. The topological polar surface area (TPSA) is 60.8 Å². The van der Waals surface area contributed by atoms with Gasteiger partial charge in [0, 0.05) is 18.2 Å². The lowest BCUT2D eigenvalue weighted by atomic mass is 10.1. The molecular weight excluding hydrogens is 242 g/mol. The van der Waals surface area contributed by atoms with Crippen molar-refractivity contribution in [1.82, 2.24) is 4.90 Å². The monoisotopic (exact) mass is 261 g/mol. The molecular formula is C15H19NO3. The predicted octanol–water partition coefficient (Wildman–Crippen LogP) is 2.15. The second-order valence-electron chi connectivity index (χ2n) is 5.73. The summed E-state index contributed by atoms with van der Waals surface area (Å²) in [6.45, 7) is 1.45. The summed E-state index contributed by atoms with van der Waals surface area (Å²) in [4.78, 5) is 14.5. The maximum Gasteiger partial charge on any atom is 0.176 e. The van der Waals surface area contributed by atoms with Gasteiger partial charge >= 0.3 is 0 Å². The summed E-state index contributed by atoms with van der Waals surface area (Å²) in [6.07, 6.45) is 4.97. The maximum atomic E-state index is 12.2. The predicted molar refractivity (Wildman–Crippen MR) is 71.4 cm³/mol. The molecule has 0 saturated heterocycles. The number of hydrogen-bond acceptors (Lipinski definition) is 4. The van der Waals surface area contributed by atoms with Gasteiger partial charge in [-0.25, -0.2) is 0 Å². The number of carbonyl (C=O) groups excluding carboxylic acids is 1. The van der Waals surface area contributed by atoms with Crippen molar-refractivity contribution in [2.45, 2.75) is 31.7 Å². The summed E-state index contributed by atoms with van der Waals surface area (Å²) in [7, 11) is 0. The van der Waals surface area contributed by atoms with Gasteiger partial charge in [0.1, 0.15) is 0 Å². The highest BCUT2D eigenvalue weighted by Gasteiger charge is 2.34. The summed E-state index contributed by atoms with van der Waals surface area (Å²) < 4.78 is 0. The van der Waals surface area contributed by atoms with Crippen molar-refractivity contribution >= 4 is 5.78 Å². The van der Waals surface area contributed by atoms with E-state index in [1.807, 2.05) is 0 Å². The second-order valence-corrected chi connectivity index (χ2v) is 5.73. The zero-order valence-electron chi connectivity index (χ0n) is 10.9. The molecule has 3 rings (SSSR count). The number of ketones is 1. The minimum atomic E-state index is -0.231. The Morgan fingerprint density at radius 2 is 1.89 bits per heavy atom. The van der Waals surface area contributed by atoms with Crippen molar-refractivity contribution in [2.24, 2.45) is 5.92 Å². The van der Waals surface area contributed by atoms with E-state index in [-0.39, 0.29) is 17.3 Å². The van der Waals surface area contributed by atoms with Crippen molar-refractivity contribution in [3.63, 3.8) is 0 Å². The van der Waals surface area contributed by atoms with Gasteiger partial charge in [0.25, 0.3) is 0 Å². The van der Waals surface area contributed by atoms with Crippen molar-refractivity contribution < 1.29 is 15.0 Å². The first-order valence-corrected chi connectivity index (χ1v) is 6.92. The number of rotatable bonds is 6. The van der Waals surface area contributed by atoms with Crippen LogP contribution >= 0.6 is 0 Å². The Bertz CT molecular complexity index is 492. The Kier molecular flexibility index (Phi) is 3.19. The Morgan fingerprint density at radius 3 is 2.47 bits per heavy atom. The minimum Gasteiger partial charge on any atom is -0.504 e. The largest absolute Gasteiger partial charge is 0.504 e. The van der Waals surface area contributed by atoms with Gasteiger partial charge in [-0.3, -0.25) is 9.69 Å². The van der Waals surface area contributed by atoms with Crippen molar-refractivity contribution in [1.29, 1.82) is 0 Å². The molecule has 0 radical (unpaired) electrons. The molecule has 1 aromatic carbocycles. The highest BCUT2D eigenvalue weighted by Crippen LogP contribution is 2.35. The van der Waals surface area contributed by atoms with Gasteiger partial charge in [0.15, 0.2) is 17.3 Å². The lowest BCUT2D eigenvalue weighted by Crippen LogP contribution is -2.33. The number of nitrogens with zero attached hydrogens (tertiary/aromatic N) is 1. The van der Waals surface area contributed by atoms with Gasteiger partial charge < -0.3 is 10.2 Å². The first-order chi connectivity index (χ1) is 9.13. The van der Waals surface area contributed by atoms with Crippen LogP contribution in [0.4, 0.5) is 0 Å². The molecule has 0 unspecified atom stereocenters. The standard InChI is InChI=1S/C15H19NO3/c17-13-6-3-11(7-14(13)18)15(19)9-16(12-4-5-12)8-10-1-2-10/h3,6-7,10,12,17-18H,1-2,4-5,8-9H2. The average molecular weight is 261 g/mol. The number of Topliss-reactive ketones (excluding diaryl/α,β-unsaturated/α-hetero) is 1. The van der Waals surface area contributed by atoms with E-state index >= 15 is 0 Å². The molecule has 19 heavy (non-hydrogen) atoms. The molecule has 1 aromatic rings. The van der Waals surface area contributed by atoms with Crippen molar-refractivity contribution in [3.05, 3.63) is 23.8 Å². The third-order valence-corrected chi connectivity index (χ3v) is 3.90. The summed E-state index contributed by atoms with van der Waals surface area (Å²) in [5.41, 5.74) is 0.469. The fourth-order valence-corrected chi connectivity index (χ4v) is 2.39. The molecule has 4 nitrogen and oxygen atoms in total. The minimum absolute atomic E-state index is 0.0165. The van der Waals surface area contributed by atoms with Gasteiger partial charge in [0.2, 0.25) is 0 Å². The second kappa shape index (κ2) is 4.85. The number of aromatic hydroxyl groups is 2. The van der Waals surface area contributed by atoms with Gasteiger partial charge in [-0.15, -0.1) is 0 Å². The summed E-state index contributed by atoms with van der Waals surface area (Å²) >= 11 is 0. The van der Waals surface area contributed by atoms with Gasteiger partial charge in [-0.05, 0) is 49.8 Å². The van der Waals surface area contributed by atoms with Crippen LogP contribution in [0.1, 0.15) is 36.0 Å². The van der Waals surface area contributed by atoms with E-state index in [4.69, 9.17) is 0 Å². The Hall–Kier alpha value is -1.55. The molecule has 2 aliphatic carbocycles. The smallest absolute Gasteiger partial charge is 0.176 e. The average Bonchev–Trinajstić information content (AvgIpc) is 3.25. The molecule has 0 spiro atoms. The van der Waals surface area contributed by atoms with E-state index in [1.165, 1.54) is 37.8 Å². The molecule has 0 atom stereocenters. The molecule has 2 saturated carbocycles. The van der Waals surface area contributed by atoms with Crippen LogP contribution in [-0.2, 0) is 0 Å². The first-order valence-electron chi connectivity index (χ1n) is 6.92. The van der Waals surface area contributed by atoms with Crippen LogP contribution < -0.4 is 0 Å². The number of hydrogen-bond donors (Lipinski definition) is 2. The molecule has 102 valence electrons. The zero-order chi connectivity index (χ0) is 13.4. The fraction of sp³-hybridized carbons (Fsp3) is 0.533. The number of carbonyl (C=O) groups is 1. The van der Waals surface area contributed by atoms with Crippen LogP contribution in [0.25, 0.3) is 0 Å². The van der Waals surface area contributed by atoms with Gasteiger partial charge in [-0.2, -0.15) is 0 Å². The first kappa shape index (κ1) is 12.5. The quantitative estimate of drug-likeness (QED) is 0.608. The number of benzene rings is 1. The van der Waals surface area contributed by atoms with Crippen molar-refractivity contribution in [2.75, 3.05) is 13.1 Å². The molecule has 2 aliphatic rings. The summed E-state index contributed by atoms with van der Waals surface area (Å²) in [6, 6.07) is 4.86. The molecule has 2 N–H and O–H groups in total. The zero-order valence-corrected chi connectivity index (χ0v) is 10.9. The van der Waals surface area contributed by atoms with E-state index in [9.17, 15) is 15.0 Å². The van der Waals surface area contributed by atoms with Crippen molar-refractivity contribution in [3.8, 4) is 11.5 Å². The van der Waals surface area contributed by atoms with Crippen LogP contribution in [0, 0.1) is 5.92 Å². The highest BCUT2D eigenvalue weighted by atomic mass is 16.3. The van der Waals surface area contributed by atoms with E-state index in [0.717, 1.165) is 12.5 Å². The maximum absolute atomic E-state index is 12.2. The molecule has 0 heterocycles. The number of phenols is 2. The summed E-state index contributed by atoms with van der Waals surface area (Å²) in [5.74, 6) is 0.379. The normalized spacial score (nSPS) is 18.8. The van der Waals surface area contributed by atoms with Crippen LogP contribution in [0.15, 0.2) is 18.2 Å². The molecule has 2 fully saturated rings. The highest BCUT2D eigenvalue weighted by molar-refractivity contribution is 5.98. The van der Waals surface area contributed by atoms with Crippen LogP contribution in [0.3, 0.4) is 0 Å². The van der Waals surface area contributed by atoms with E-state index < -0.39 is 0 Å². The van der Waals surface area contributed by atoms with Crippen LogP contribution in [-0.4, -0.2) is 40.0 Å². The SMILES string of the molecule is O=C(CN(CC1CC1)C1CC1)c1ccc(O)c(O)c1. The van der Waals surface area contributed by atoms with E-state index in [1.54, 1.807) is 6.07 Å². The molecule has 0 bridgehead atoms. The van der Waals surface area contributed by atoms with E-state index in [0.29, 0.717) is 18.2 Å². The molecule has 4 heteroatoms. The number of phenolic OH excluding ortho intramolecular Hbond substituents is 2. The Morgan fingerprint density at radius 1 is 1.16 bits per heavy atom. The van der Waals surface area contributed by atoms with E-state index in [2.05, 4.69) is 4.90 Å². The fourth-order valence-electron chi connectivity index (χ4n) is 2.39. The Balaban J connectivity index is 1.66. The van der Waals surface area contributed by atoms with Crippen LogP contribution in [0.2, 0.25) is 0 Å². The third kappa shape index (κ3) is 3.07. The van der Waals surface area contributed by atoms with Crippen LogP contribution in [0.5, 0.6) is 11.5 Å². The lowest BCUT2D eigenvalue weighted by molar-refractivity contribution is 0.0920. The molecule has 0 amide bonds. The van der Waals surface area contributed by atoms with Gasteiger partial charge in [0.05, 0.1) is 6.54 Å². The lowest BCUT2D eigenvalue weighted by Gasteiger charge is -2.20. The Labute approximate surface area is 112 Å².